The zero-order chi connectivity index (χ0) is 89.4. The summed E-state index contributed by atoms with van der Waals surface area (Å²) >= 11 is 0. The molecule has 0 amide bonds. The van der Waals surface area contributed by atoms with E-state index >= 15 is 0 Å². The molecule has 0 radical (unpaired) electrons. The van der Waals surface area contributed by atoms with Crippen molar-refractivity contribution in [3.8, 4) is 78.8 Å². The Labute approximate surface area is 686 Å². The smallest absolute Gasteiger partial charge is 0.201 e. The Morgan fingerprint density at radius 3 is 0.696 bits per heavy atom. The number of nitrogens with zero attached hydrogens (tertiary/aromatic N) is 7. The predicted octanol–water partition coefficient (Wildman–Crippen LogP) is 21.7. The van der Waals surface area contributed by atoms with Crippen molar-refractivity contribution < 1.29 is 44.3 Å². The highest BCUT2D eigenvalue weighted by Crippen LogP contribution is 2.32. The third-order valence-corrected chi connectivity index (χ3v) is 21.4. The van der Waals surface area contributed by atoms with E-state index < -0.39 is 20.6 Å². The SMILES string of the molecule is Cc1cc(C)c(-c2cccc[n+]2C)c(C)c1.Cc1cc(C)c(-c2cccc[n+]2C)cc1C.Cc1ccc(C)c(-c2cccc[n+]2C)c1C.Cc1ccc(C)c(-c2cccc[n+]2C)c1C.[2H]C([2H])([2H])c1cc(C)c(-c2cccc[n+]2C)c(C)c1.[2H]C([2H])([2H])c1cc(C)c(-c2cccc[n+]2C)cc1C.[2H]C([2H])([2H])c1ccc(C)c(-c2cccc[n+]2C)c1C. The number of aromatic nitrogens is 7. The first kappa shape index (κ1) is 73.4. The Kier molecular flexibility index (Phi) is 25.9. The van der Waals surface area contributed by atoms with Crippen LogP contribution in [-0.2, 0) is 49.3 Å². The molecule has 7 nitrogen and oxygen atoms in total. The molecule has 0 N–H and O–H groups in total. The molecule has 14 rings (SSSR count). The number of benzene rings is 7. The van der Waals surface area contributed by atoms with E-state index in [4.69, 9.17) is 12.3 Å². The fourth-order valence-corrected chi connectivity index (χ4v) is 14.7. The zero-order valence-electron chi connectivity index (χ0n) is 80.4. The average Bonchev–Trinajstić information content (AvgIpc) is 0.801. The molecule has 0 aliphatic carbocycles. The van der Waals surface area contributed by atoms with E-state index in [0.29, 0.717) is 16.7 Å². The summed E-state index contributed by atoms with van der Waals surface area (Å²) in [4.78, 5) is 0. The van der Waals surface area contributed by atoms with Gasteiger partial charge in [0.1, 0.15) is 49.3 Å². The molecule has 7 aromatic carbocycles. The van der Waals surface area contributed by atoms with Crippen LogP contribution in [0.2, 0.25) is 0 Å². The summed E-state index contributed by atoms with van der Waals surface area (Å²) in [6.07, 6.45) is 14.3. The maximum absolute atomic E-state index is 7.62. The van der Waals surface area contributed by atoms with Crippen molar-refractivity contribution >= 4 is 0 Å². The molecular weight excluding hydrogens is 1360 g/mol. The van der Waals surface area contributed by atoms with Crippen LogP contribution in [0.4, 0.5) is 0 Å². The number of hydrogen-bond donors (Lipinski definition) is 0. The molecule has 0 fully saturated rings. The van der Waals surface area contributed by atoms with Gasteiger partial charge < -0.3 is 0 Å². The highest BCUT2D eigenvalue weighted by molar-refractivity contribution is 5.71. The molecule has 0 saturated carbocycles. The maximum Gasteiger partial charge on any atom is 0.212 e. The molecule has 7 aromatic heterocycles. The fourth-order valence-electron chi connectivity index (χ4n) is 14.7. The van der Waals surface area contributed by atoms with Crippen molar-refractivity contribution in [3.63, 3.8) is 0 Å². The molecule has 574 valence electrons. The second-order valence-corrected chi connectivity index (χ2v) is 30.2. The minimum absolute atomic E-state index is 0.407. The van der Waals surface area contributed by atoms with Crippen molar-refractivity contribution in [2.24, 2.45) is 49.3 Å². The van der Waals surface area contributed by atoms with E-state index in [1.807, 2.05) is 162 Å². The monoisotopic (exact) mass is 1490 g/mol. The van der Waals surface area contributed by atoms with Crippen LogP contribution in [0, 0.1) is 145 Å². The topological polar surface area (TPSA) is 27.2 Å². The number of rotatable bonds is 7. The Bertz CT molecular complexity index is 5860. The second kappa shape index (κ2) is 39.5. The second-order valence-electron chi connectivity index (χ2n) is 30.2. The molecule has 0 aliphatic heterocycles. The van der Waals surface area contributed by atoms with Crippen molar-refractivity contribution in [1.29, 1.82) is 0 Å². The van der Waals surface area contributed by atoms with E-state index in [2.05, 4.69) is 276 Å². The molecule has 14 aromatic rings. The first-order chi connectivity index (χ1) is 56.8. The predicted molar refractivity (Wildman–Crippen MR) is 471 cm³/mol. The average molecular weight is 1500 g/mol. The summed E-state index contributed by atoms with van der Waals surface area (Å²) < 4.78 is 82.9. The van der Waals surface area contributed by atoms with Gasteiger partial charge in [-0.25, -0.2) is 32.0 Å². The Morgan fingerprint density at radius 2 is 0.411 bits per heavy atom. The van der Waals surface area contributed by atoms with Gasteiger partial charge in [-0.15, -0.1) is 0 Å². The van der Waals surface area contributed by atoms with Gasteiger partial charge in [-0.3, -0.25) is 0 Å². The van der Waals surface area contributed by atoms with Crippen LogP contribution in [0.5, 0.6) is 0 Å². The first-order valence-corrected chi connectivity index (χ1v) is 38.6. The molecule has 112 heavy (non-hydrogen) atoms. The summed E-state index contributed by atoms with van der Waals surface area (Å²) in [5, 5.41) is 0. The third kappa shape index (κ3) is 21.6. The number of aryl methyl sites for hydroxylation is 25. The molecular formula is C105H126N7+7. The minimum atomic E-state index is -2.07. The summed E-state index contributed by atoms with van der Waals surface area (Å²) in [5.41, 5.74) is 40.1. The van der Waals surface area contributed by atoms with Crippen LogP contribution in [0.3, 0.4) is 0 Å². The highest BCUT2D eigenvalue weighted by atomic mass is 14.9. The fraction of sp³-hybridized carbons (Fsp3) is 0.267. The van der Waals surface area contributed by atoms with Crippen molar-refractivity contribution in [1.82, 2.24) is 0 Å². The van der Waals surface area contributed by atoms with Crippen molar-refractivity contribution in [2.75, 3.05) is 0 Å². The maximum atomic E-state index is 7.62. The lowest BCUT2D eigenvalue weighted by Gasteiger charge is -2.10. The van der Waals surface area contributed by atoms with Crippen LogP contribution in [0.1, 0.15) is 129 Å². The van der Waals surface area contributed by atoms with Crippen molar-refractivity contribution in [2.45, 2.75) is 145 Å². The summed E-state index contributed by atoms with van der Waals surface area (Å²) in [6, 6.07) is 71.9. The van der Waals surface area contributed by atoms with Gasteiger partial charge in [-0.05, 0) is 305 Å². The Morgan fingerprint density at radius 1 is 0.179 bits per heavy atom. The molecule has 7 heteroatoms. The normalized spacial score (nSPS) is 12.0. The summed E-state index contributed by atoms with van der Waals surface area (Å²) in [6.45, 7) is 31.6. The van der Waals surface area contributed by atoms with Gasteiger partial charge >= 0.3 is 0 Å². The molecule has 0 saturated heterocycles. The quantitative estimate of drug-likeness (QED) is 0.142. The minimum Gasteiger partial charge on any atom is -0.201 e. The molecule has 0 spiro atoms. The van der Waals surface area contributed by atoms with Crippen LogP contribution in [0.25, 0.3) is 78.8 Å². The van der Waals surface area contributed by atoms with E-state index in [1.54, 1.807) is 24.3 Å². The van der Waals surface area contributed by atoms with Gasteiger partial charge in [-0.2, -0.15) is 0 Å². The van der Waals surface area contributed by atoms with E-state index in [9.17, 15) is 0 Å². The largest absolute Gasteiger partial charge is 0.212 e. The van der Waals surface area contributed by atoms with Crippen LogP contribution in [-0.4, -0.2) is 0 Å². The van der Waals surface area contributed by atoms with Gasteiger partial charge in [0.2, 0.25) is 39.9 Å². The van der Waals surface area contributed by atoms with E-state index in [1.165, 1.54) is 112 Å². The molecule has 0 bridgehead atoms. The van der Waals surface area contributed by atoms with Crippen LogP contribution < -0.4 is 32.0 Å². The van der Waals surface area contributed by atoms with Gasteiger partial charge in [-0.1, -0.05) is 83.9 Å². The van der Waals surface area contributed by atoms with E-state index in [-0.39, 0.29) is 0 Å². The Balaban J connectivity index is 0.000000176. The summed E-state index contributed by atoms with van der Waals surface area (Å²) in [7, 11) is 14.3. The van der Waals surface area contributed by atoms with Gasteiger partial charge in [0, 0.05) is 108 Å². The molecule has 0 unspecified atom stereocenters. The third-order valence-electron chi connectivity index (χ3n) is 21.4. The number of pyridine rings is 7. The van der Waals surface area contributed by atoms with Crippen molar-refractivity contribution in [3.05, 3.63) is 373 Å². The van der Waals surface area contributed by atoms with Gasteiger partial charge in [0.05, 0.1) is 27.8 Å². The Hall–Kier alpha value is -11.4. The lowest BCUT2D eigenvalue weighted by Crippen LogP contribution is -2.30. The highest BCUT2D eigenvalue weighted by Gasteiger charge is 2.21. The van der Waals surface area contributed by atoms with Crippen LogP contribution in [0.15, 0.2) is 256 Å². The van der Waals surface area contributed by atoms with Gasteiger partial charge in [0.25, 0.3) is 0 Å². The number of hydrogen-bond acceptors (Lipinski definition) is 0. The molecule has 0 aliphatic rings. The first-order valence-electron chi connectivity index (χ1n) is 43.1. The standard InChI is InChI=1S/7C15H18N/c3*1-11-8-9-12(2)15(13(11)3)14-7-5-6-10-16(14)4;2*1-11-9-13(3)14(10-12(11)2)15-7-5-6-8-16(15)4;2*1-11-9-12(2)15(13(3)10-11)14-7-5-6-8-16(14)4/h7*5-10H,1-4H3/q7*+1/i1D3;;;1D3;;1D3;. The lowest BCUT2D eigenvalue weighted by atomic mass is 9.95. The molecule has 0 atom stereocenters. The summed E-state index contributed by atoms with van der Waals surface area (Å²) in [5.74, 6) is 0. The molecule has 7 heterocycles. The van der Waals surface area contributed by atoms with Gasteiger partial charge in [0.15, 0.2) is 43.4 Å². The van der Waals surface area contributed by atoms with Crippen LogP contribution >= 0.6 is 0 Å². The lowest BCUT2D eigenvalue weighted by molar-refractivity contribution is -0.660. The van der Waals surface area contributed by atoms with E-state index in [0.717, 1.165) is 67.2 Å². The zero-order valence-corrected chi connectivity index (χ0v) is 71.4.